The van der Waals surface area contributed by atoms with Gasteiger partial charge in [0.25, 0.3) is 5.91 Å². The van der Waals surface area contributed by atoms with E-state index < -0.39 is 0 Å². The molecule has 1 amide bonds. The van der Waals surface area contributed by atoms with Crippen molar-refractivity contribution in [3.63, 3.8) is 0 Å². The van der Waals surface area contributed by atoms with Gasteiger partial charge in [0.2, 0.25) is 0 Å². The van der Waals surface area contributed by atoms with Crippen molar-refractivity contribution < 1.29 is 4.79 Å². The van der Waals surface area contributed by atoms with Gasteiger partial charge in [0.15, 0.2) is 0 Å². The molecule has 1 aromatic carbocycles. The van der Waals surface area contributed by atoms with Crippen molar-refractivity contribution in [3.05, 3.63) is 48.3 Å². The molecule has 0 bridgehead atoms. The lowest BCUT2D eigenvalue weighted by Crippen LogP contribution is -2.48. The molecular formula is C21H29N5O. The largest absolute Gasteiger partial charge is 0.369 e. The van der Waals surface area contributed by atoms with Crippen molar-refractivity contribution in [1.82, 2.24) is 20.0 Å². The van der Waals surface area contributed by atoms with Gasteiger partial charge in [0.1, 0.15) is 5.69 Å². The maximum absolute atomic E-state index is 13.0. The van der Waals surface area contributed by atoms with Gasteiger partial charge in [-0.2, -0.15) is 5.10 Å². The second kappa shape index (κ2) is 8.13. The Labute approximate surface area is 161 Å². The molecule has 4 rings (SSSR count). The highest BCUT2D eigenvalue weighted by atomic mass is 16.2. The summed E-state index contributed by atoms with van der Waals surface area (Å²) in [4.78, 5) is 17.3. The molecule has 0 aliphatic carbocycles. The first-order chi connectivity index (χ1) is 13.2. The number of hydrogen-bond acceptors (Lipinski definition) is 4. The molecular weight excluding hydrogens is 338 g/mol. The number of carbonyl (C=O) groups excluding carboxylic acids is 1. The fourth-order valence-corrected chi connectivity index (χ4v) is 4.21. The number of hydrogen-bond donors (Lipinski definition) is 1. The third-order valence-electron chi connectivity index (χ3n) is 5.86. The lowest BCUT2D eigenvalue weighted by Gasteiger charge is -2.38. The van der Waals surface area contributed by atoms with Gasteiger partial charge in [0, 0.05) is 44.6 Å². The SMILES string of the molecule is CN(C(=O)c1ccn(C2CCCNC2)n1)C1CCCN(c2ccccc2)C1. The van der Waals surface area contributed by atoms with E-state index in [4.69, 9.17) is 0 Å². The molecule has 0 saturated carbocycles. The van der Waals surface area contributed by atoms with Gasteiger partial charge < -0.3 is 15.1 Å². The Kier molecular flexibility index (Phi) is 5.43. The Balaban J connectivity index is 1.42. The van der Waals surface area contributed by atoms with Crippen molar-refractivity contribution in [1.29, 1.82) is 0 Å². The van der Waals surface area contributed by atoms with E-state index in [9.17, 15) is 4.79 Å². The number of rotatable bonds is 4. The summed E-state index contributed by atoms with van der Waals surface area (Å²) in [6.07, 6.45) is 6.37. The molecule has 2 unspecified atom stereocenters. The lowest BCUT2D eigenvalue weighted by molar-refractivity contribution is 0.0710. The molecule has 6 nitrogen and oxygen atoms in total. The van der Waals surface area contributed by atoms with Crippen molar-refractivity contribution in [2.75, 3.05) is 38.1 Å². The Morgan fingerprint density at radius 3 is 2.81 bits per heavy atom. The second-order valence-corrected chi connectivity index (χ2v) is 7.67. The lowest BCUT2D eigenvalue weighted by atomic mass is 10.0. The summed E-state index contributed by atoms with van der Waals surface area (Å²) in [6.45, 7) is 3.93. The van der Waals surface area contributed by atoms with Crippen molar-refractivity contribution in [2.45, 2.75) is 37.8 Å². The summed E-state index contributed by atoms with van der Waals surface area (Å²) >= 11 is 0. The molecule has 1 N–H and O–H groups in total. The summed E-state index contributed by atoms with van der Waals surface area (Å²) in [5, 5.41) is 8.00. The number of anilines is 1. The van der Waals surface area contributed by atoms with Crippen LogP contribution in [0.1, 0.15) is 42.2 Å². The molecule has 0 spiro atoms. The van der Waals surface area contributed by atoms with Crippen molar-refractivity contribution >= 4 is 11.6 Å². The summed E-state index contributed by atoms with van der Waals surface area (Å²) in [5.41, 5.74) is 1.79. The van der Waals surface area contributed by atoms with Crippen LogP contribution in [0.4, 0.5) is 5.69 Å². The quantitative estimate of drug-likeness (QED) is 0.902. The van der Waals surface area contributed by atoms with Gasteiger partial charge in [-0.25, -0.2) is 0 Å². The average molecular weight is 367 g/mol. The van der Waals surface area contributed by atoms with Gasteiger partial charge in [0.05, 0.1) is 6.04 Å². The average Bonchev–Trinajstić information content (AvgIpc) is 3.24. The Morgan fingerprint density at radius 1 is 1.19 bits per heavy atom. The minimum atomic E-state index is 0.0254. The van der Waals surface area contributed by atoms with E-state index in [1.54, 1.807) is 0 Å². The molecule has 6 heteroatoms. The monoisotopic (exact) mass is 367 g/mol. The zero-order valence-corrected chi connectivity index (χ0v) is 16.1. The van der Waals surface area contributed by atoms with Crippen LogP contribution in [-0.4, -0.2) is 59.9 Å². The maximum atomic E-state index is 13.0. The number of amides is 1. The van der Waals surface area contributed by atoms with Gasteiger partial charge in [-0.3, -0.25) is 9.48 Å². The summed E-state index contributed by atoms with van der Waals surface area (Å²) in [6, 6.07) is 12.9. The minimum absolute atomic E-state index is 0.0254. The number of benzene rings is 1. The fraction of sp³-hybridized carbons (Fsp3) is 0.524. The van der Waals surface area contributed by atoms with Crippen LogP contribution >= 0.6 is 0 Å². The van der Waals surface area contributed by atoms with E-state index in [0.717, 1.165) is 51.9 Å². The van der Waals surface area contributed by atoms with E-state index in [-0.39, 0.29) is 11.9 Å². The molecule has 0 radical (unpaired) electrons. The molecule has 27 heavy (non-hydrogen) atoms. The van der Waals surface area contributed by atoms with E-state index in [2.05, 4.69) is 39.6 Å². The zero-order chi connectivity index (χ0) is 18.6. The number of aromatic nitrogens is 2. The maximum Gasteiger partial charge on any atom is 0.274 e. The fourth-order valence-electron chi connectivity index (χ4n) is 4.21. The van der Waals surface area contributed by atoms with E-state index >= 15 is 0 Å². The second-order valence-electron chi connectivity index (χ2n) is 7.67. The molecule has 2 aromatic rings. The number of para-hydroxylation sites is 1. The van der Waals surface area contributed by atoms with Gasteiger partial charge in [-0.15, -0.1) is 0 Å². The van der Waals surface area contributed by atoms with Gasteiger partial charge in [-0.1, -0.05) is 18.2 Å². The predicted octanol–water partition coefficient (Wildman–Crippen LogP) is 2.55. The van der Waals surface area contributed by atoms with E-state index in [1.165, 1.54) is 5.69 Å². The van der Waals surface area contributed by atoms with Crippen molar-refractivity contribution in [3.8, 4) is 0 Å². The van der Waals surface area contributed by atoms with Gasteiger partial charge in [-0.05, 0) is 50.4 Å². The topological polar surface area (TPSA) is 53.4 Å². The van der Waals surface area contributed by atoms with Crippen LogP contribution in [0.3, 0.4) is 0 Å². The van der Waals surface area contributed by atoms with Crippen LogP contribution in [0.5, 0.6) is 0 Å². The normalized spacial score (nSPS) is 23.2. The van der Waals surface area contributed by atoms with Crippen LogP contribution in [0.15, 0.2) is 42.6 Å². The first kappa shape index (κ1) is 18.0. The van der Waals surface area contributed by atoms with Crippen LogP contribution in [-0.2, 0) is 0 Å². The summed E-state index contributed by atoms with van der Waals surface area (Å²) < 4.78 is 1.96. The number of carbonyl (C=O) groups is 1. The molecule has 144 valence electrons. The Hall–Kier alpha value is -2.34. The molecule has 2 atom stereocenters. The molecule has 2 fully saturated rings. The van der Waals surface area contributed by atoms with Crippen LogP contribution in [0.2, 0.25) is 0 Å². The third-order valence-corrected chi connectivity index (χ3v) is 5.86. The third kappa shape index (κ3) is 4.00. The Morgan fingerprint density at radius 2 is 2.04 bits per heavy atom. The van der Waals surface area contributed by atoms with E-state index in [1.807, 2.05) is 35.0 Å². The molecule has 3 heterocycles. The molecule has 1 aromatic heterocycles. The molecule has 2 aliphatic rings. The summed E-state index contributed by atoms with van der Waals surface area (Å²) in [5.74, 6) is 0.0254. The van der Waals surface area contributed by atoms with Crippen molar-refractivity contribution in [2.24, 2.45) is 0 Å². The van der Waals surface area contributed by atoms with Crippen LogP contribution < -0.4 is 10.2 Å². The predicted molar refractivity (Wildman–Crippen MR) is 107 cm³/mol. The number of nitrogens with zero attached hydrogens (tertiary/aromatic N) is 4. The first-order valence-electron chi connectivity index (χ1n) is 10.1. The smallest absolute Gasteiger partial charge is 0.274 e. The van der Waals surface area contributed by atoms with Crippen LogP contribution in [0.25, 0.3) is 0 Å². The minimum Gasteiger partial charge on any atom is -0.369 e. The Bertz CT molecular complexity index is 753. The number of nitrogens with one attached hydrogen (secondary N) is 1. The van der Waals surface area contributed by atoms with E-state index in [0.29, 0.717) is 11.7 Å². The number of piperidine rings is 2. The highest BCUT2D eigenvalue weighted by Gasteiger charge is 2.28. The number of likely N-dealkylation sites (N-methyl/N-ethyl adjacent to an activating group) is 1. The highest BCUT2D eigenvalue weighted by Crippen LogP contribution is 2.23. The van der Waals surface area contributed by atoms with Gasteiger partial charge >= 0.3 is 0 Å². The molecule has 2 saturated heterocycles. The molecule has 2 aliphatic heterocycles. The first-order valence-corrected chi connectivity index (χ1v) is 10.1. The van der Waals surface area contributed by atoms with Crippen LogP contribution in [0, 0.1) is 0 Å². The standard InChI is InChI=1S/C21H29N5O/c1-24(19-10-6-13-25(16-19)17-7-3-2-4-8-17)21(27)20-11-14-26(23-20)18-9-5-12-22-15-18/h2-4,7-8,11,14,18-19,22H,5-6,9-10,12-13,15-16H2,1H3. The zero-order valence-electron chi connectivity index (χ0n) is 16.1. The highest BCUT2D eigenvalue weighted by molar-refractivity contribution is 5.92. The summed E-state index contributed by atoms with van der Waals surface area (Å²) in [7, 11) is 1.92.